The Hall–Kier alpha value is -3.52. The van der Waals surface area contributed by atoms with Crippen LogP contribution in [0.25, 0.3) is 11.3 Å². The Morgan fingerprint density at radius 1 is 1.03 bits per heavy atom. The number of carbonyl (C=O) groups excluding carboxylic acids is 1. The second-order valence-corrected chi connectivity index (χ2v) is 10.5. The highest BCUT2D eigenvalue weighted by atomic mass is 19.1. The van der Waals surface area contributed by atoms with Gasteiger partial charge in [0.05, 0.1) is 11.4 Å². The zero-order valence-electron chi connectivity index (χ0n) is 20.5. The van der Waals surface area contributed by atoms with Crippen LogP contribution in [0.1, 0.15) is 27.2 Å². The van der Waals surface area contributed by atoms with Gasteiger partial charge in [-0.2, -0.15) is 0 Å². The zero-order valence-corrected chi connectivity index (χ0v) is 20.5. The van der Waals surface area contributed by atoms with E-state index in [9.17, 15) is 4.79 Å². The number of rotatable bonds is 5. The standard InChI is InChI=1S/C27H31FN6O/c1-27(2,3)25(35)30-18-7-5-17(6-8-18)23-11-12-29-26(32-23)31-19-9-10-24(22(28)13-19)34-16-20-14-21(34)15-33(20)4/h5-13,20-21H,14-16H2,1-4H3,(H,30,35)(H,29,31,32). The first kappa shape index (κ1) is 23.2. The molecule has 3 aromatic rings. The maximum Gasteiger partial charge on any atom is 0.229 e. The van der Waals surface area contributed by atoms with Crippen LogP contribution in [0.15, 0.2) is 54.7 Å². The summed E-state index contributed by atoms with van der Waals surface area (Å²) >= 11 is 0. The van der Waals surface area contributed by atoms with Gasteiger partial charge in [-0.15, -0.1) is 0 Å². The Morgan fingerprint density at radius 2 is 1.77 bits per heavy atom. The summed E-state index contributed by atoms with van der Waals surface area (Å²) in [5.41, 5.74) is 3.14. The summed E-state index contributed by atoms with van der Waals surface area (Å²) in [4.78, 5) is 25.6. The predicted molar refractivity (Wildman–Crippen MR) is 137 cm³/mol. The molecular formula is C27H31FN6O. The average molecular weight is 475 g/mol. The first-order valence-corrected chi connectivity index (χ1v) is 12.0. The molecular weight excluding hydrogens is 443 g/mol. The van der Waals surface area contributed by atoms with Gasteiger partial charge in [-0.05, 0) is 49.9 Å². The van der Waals surface area contributed by atoms with Crippen LogP contribution in [-0.2, 0) is 4.79 Å². The molecule has 0 spiro atoms. The van der Waals surface area contributed by atoms with Crippen molar-refractivity contribution in [1.29, 1.82) is 0 Å². The molecule has 2 fully saturated rings. The molecule has 7 nitrogen and oxygen atoms in total. The first-order valence-electron chi connectivity index (χ1n) is 12.0. The lowest BCUT2D eigenvalue weighted by Crippen LogP contribution is -2.44. The molecule has 2 aliphatic rings. The number of likely N-dealkylation sites (N-methyl/N-ethyl adjacent to an activating group) is 1. The number of benzene rings is 2. The van der Waals surface area contributed by atoms with Crippen LogP contribution >= 0.6 is 0 Å². The number of amides is 1. The molecule has 35 heavy (non-hydrogen) atoms. The number of fused-ring (bicyclic) bond motifs is 2. The predicted octanol–water partition coefficient (Wildman–Crippen LogP) is 4.90. The van der Waals surface area contributed by atoms with Gasteiger partial charge in [-0.1, -0.05) is 32.9 Å². The summed E-state index contributed by atoms with van der Waals surface area (Å²) in [5, 5.41) is 6.04. The van der Waals surface area contributed by atoms with Gasteiger partial charge in [0, 0.05) is 53.7 Å². The number of nitrogens with one attached hydrogen (secondary N) is 2. The molecule has 2 saturated heterocycles. The number of carbonyl (C=O) groups is 1. The second kappa shape index (κ2) is 8.92. The molecule has 2 aliphatic heterocycles. The van der Waals surface area contributed by atoms with Crippen molar-refractivity contribution in [2.24, 2.45) is 5.41 Å². The quantitative estimate of drug-likeness (QED) is 0.548. The van der Waals surface area contributed by atoms with Crippen LogP contribution in [-0.4, -0.2) is 53.0 Å². The van der Waals surface area contributed by atoms with Crippen molar-refractivity contribution in [1.82, 2.24) is 14.9 Å². The number of hydrogen-bond acceptors (Lipinski definition) is 6. The van der Waals surface area contributed by atoms with Crippen molar-refractivity contribution in [2.45, 2.75) is 39.3 Å². The number of nitrogens with zero attached hydrogens (tertiary/aromatic N) is 4. The fraction of sp³-hybridized carbons (Fsp3) is 0.370. The molecule has 1 aromatic heterocycles. The summed E-state index contributed by atoms with van der Waals surface area (Å²) < 4.78 is 15.0. The summed E-state index contributed by atoms with van der Waals surface area (Å²) in [6, 6.07) is 15.4. The fourth-order valence-corrected chi connectivity index (χ4v) is 4.73. The normalized spacial score (nSPS) is 19.7. The summed E-state index contributed by atoms with van der Waals surface area (Å²) in [6.45, 7) is 7.48. The van der Waals surface area contributed by atoms with Gasteiger partial charge in [0.15, 0.2) is 0 Å². The number of anilines is 4. The van der Waals surface area contributed by atoms with Crippen molar-refractivity contribution in [3.63, 3.8) is 0 Å². The molecule has 0 radical (unpaired) electrons. The first-order chi connectivity index (χ1) is 16.7. The lowest BCUT2D eigenvalue weighted by Gasteiger charge is -2.33. The molecule has 2 unspecified atom stereocenters. The second-order valence-electron chi connectivity index (χ2n) is 10.5. The van der Waals surface area contributed by atoms with E-state index in [4.69, 9.17) is 0 Å². The summed E-state index contributed by atoms with van der Waals surface area (Å²) in [6.07, 6.45) is 2.77. The average Bonchev–Trinajstić information content (AvgIpc) is 3.39. The molecule has 2 aromatic carbocycles. The third-order valence-corrected chi connectivity index (χ3v) is 6.80. The van der Waals surface area contributed by atoms with Gasteiger partial charge >= 0.3 is 0 Å². The van der Waals surface area contributed by atoms with Gasteiger partial charge in [0.2, 0.25) is 11.9 Å². The number of aromatic nitrogens is 2. The van der Waals surface area contributed by atoms with Crippen LogP contribution in [0.5, 0.6) is 0 Å². The minimum absolute atomic E-state index is 0.0402. The lowest BCUT2D eigenvalue weighted by molar-refractivity contribution is -0.123. The lowest BCUT2D eigenvalue weighted by atomic mass is 9.95. The highest BCUT2D eigenvalue weighted by Crippen LogP contribution is 2.36. The number of hydrogen-bond donors (Lipinski definition) is 2. The van der Waals surface area contributed by atoms with E-state index in [0.29, 0.717) is 29.4 Å². The van der Waals surface area contributed by atoms with Crippen molar-refractivity contribution < 1.29 is 9.18 Å². The summed E-state index contributed by atoms with van der Waals surface area (Å²) in [5.74, 6) is 0.109. The van der Waals surface area contributed by atoms with E-state index in [-0.39, 0.29) is 11.7 Å². The molecule has 5 rings (SSSR count). The summed E-state index contributed by atoms with van der Waals surface area (Å²) in [7, 11) is 2.14. The van der Waals surface area contributed by atoms with Crippen molar-refractivity contribution >= 4 is 28.9 Å². The Kier molecular flexibility index (Phi) is 5.92. The van der Waals surface area contributed by atoms with Gasteiger partial charge in [-0.25, -0.2) is 14.4 Å². The van der Waals surface area contributed by atoms with E-state index in [1.807, 2.05) is 63.2 Å². The largest absolute Gasteiger partial charge is 0.363 e. The maximum absolute atomic E-state index is 15.0. The van der Waals surface area contributed by atoms with Gasteiger partial charge < -0.3 is 15.5 Å². The van der Waals surface area contributed by atoms with E-state index in [0.717, 1.165) is 36.5 Å². The molecule has 3 heterocycles. The Labute approximate surface area is 205 Å². The monoisotopic (exact) mass is 474 g/mol. The third kappa shape index (κ3) is 4.84. The maximum atomic E-state index is 15.0. The Morgan fingerprint density at radius 3 is 2.40 bits per heavy atom. The highest BCUT2D eigenvalue weighted by molar-refractivity contribution is 5.94. The van der Waals surface area contributed by atoms with Gasteiger partial charge in [-0.3, -0.25) is 9.69 Å². The molecule has 2 atom stereocenters. The molecule has 0 saturated carbocycles. The number of halogens is 1. The van der Waals surface area contributed by atoms with Gasteiger partial charge in [0.1, 0.15) is 5.82 Å². The van der Waals surface area contributed by atoms with Crippen molar-refractivity contribution in [3.8, 4) is 11.3 Å². The molecule has 1 amide bonds. The van der Waals surface area contributed by atoms with Crippen molar-refractivity contribution in [2.75, 3.05) is 35.7 Å². The molecule has 182 valence electrons. The smallest absolute Gasteiger partial charge is 0.229 e. The molecule has 8 heteroatoms. The topological polar surface area (TPSA) is 73.4 Å². The third-order valence-electron chi connectivity index (χ3n) is 6.80. The highest BCUT2D eigenvalue weighted by Gasteiger charge is 2.42. The van der Waals surface area contributed by atoms with Crippen LogP contribution in [0.3, 0.4) is 0 Å². The van der Waals surface area contributed by atoms with Crippen LogP contribution in [0.2, 0.25) is 0 Å². The number of piperazine rings is 1. The van der Waals surface area contributed by atoms with E-state index >= 15 is 4.39 Å². The minimum Gasteiger partial charge on any atom is -0.363 e. The molecule has 0 aliphatic carbocycles. The van der Waals surface area contributed by atoms with E-state index in [1.165, 1.54) is 6.07 Å². The van der Waals surface area contributed by atoms with Gasteiger partial charge in [0.25, 0.3) is 0 Å². The minimum atomic E-state index is -0.464. The number of likely N-dealkylation sites (tertiary alicyclic amines) is 1. The Balaban J connectivity index is 1.27. The van der Waals surface area contributed by atoms with Crippen LogP contribution in [0, 0.1) is 11.2 Å². The van der Waals surface area contributed by atoms with Crippen LogP contribution < -0.4 is 15.5 Å². The molecule has 2 N–H and O–H groups in total. The van der Waals surface area contributed by atoms with E-state index in [1.54, 1.807) is 6.20 Å². The fourth-order valence-electron chi connectivity index (χ4n) is 4.73. The zero-order chi connectivity index (χ0) is 24.7. The Bertz CT molecular complexity index is 1240. The van der Waals surface area contributed by atoms with E-state index in [2.05, 4.69) is 37.4 Å². The SMILES string of the molecule is CN1CC2CC1CN2c1ccc(Nc2nccc(-c3ccc(NC(=O)C(C)(C)C)cc3)n2)cc1F. The van der Waals surface area contributed by atoms with Crippen LogP contribution in [0.4, 0.5) is 27.4 Å². The van der Waals surface area contributed by atoms with E-state index < -0.39 is 5.41 Å². The van der Waals surface area contributed by atoms with Crippen molar-refractivity contribution in [3.05, 3.63) is 60.5 Å². The molecule has 2 bridgehead atoms.